The number of anilines is 2. The Kier molecular flexibility index (Phi) is 5.38. The predicted molar refractivity (Wildman–Crippen MR) is 117 cm³/mol. The Hall–Kier alpha value is -2.35. The molecule has 8 heteroatoms. The van der Waals surface area contributed by atoms with Gasteiger partial charge >= 0.3 is 6.18 Å². The second-order valence-corrected chi connectivity index (χ2v) is 8.52. The first kappa shape index (κ1) is 20.9. The summed E-state index contributed by atoms with van der Waals surface area (Å²) in [5.41, 5.74) is 2.11. The zero-order chi connectivity index (χ0) is 21.6. The number of alkyl halides is 3. The first-order valence-electron chi connectivity index (χ1n) is 9.81. The number of benzene rings is 2. The Morgan fingerprint density at radius 2 is 1.87 bits per heavy atom. The van der Waals surface area contributed by atoms with Crippen molar-refractivity contribution in [1.82, 2.24) is 9.97 Å². The normalized spacial score (nSPS) is 15.2. The van der Waals surface area contributed by atoms with E-state index in [4.69, 9.17) is 0 Å². The van der Waals surface area contributed by atoms with Gasteiger partial charge in [0.25, 0.3) is 0 Å². The van der Waals surface area contributed by atoms with Crippen molar-refractivity contribution in [3.63, 3.8) is 0 Å². The number of aryl methyl sites for hydroxylation is 1. The average Bonchev–Trinajstić information content (AvgIpc) is 2.60. The molecule has 0 saturated carbocycles. The van der Waals surface area contributed by atoms with Crippen LogP contribution in [0.25, 0.3) is 10.9 Å². The molecule has 4 rings (SSSR count). The molecule has 1 saturated heterocycles. The minimum Gasteiger partial charge on any atom is -0.370 e. The number of nitrogens with zero attached hydrogens (tertiary/aromatic N) is 3. The number of nitrogens with one attached hydrogen (secondary N) is 1. The van der Waals surface area contributed by atoms with Gasteiger partial charge in [-0.2, -0.15) is 13.2 Å². The van der Waals surface area contributed by atoms with Gasteiger partial charge in [-0.05, 0) is 72.4 Å². The third kappa shape index (κ3) is 3.85. The van der Waals surface area contributed by atoms with Gasteiger partial charge in [-0.3, -0.25) is 0 Å². The molecule has 2 aromatic carbocycles. The molecule has 0 spiro atoms. The lowest BCUT2D eigenvalue weighted by Crippen LogP contribution is -2.37. The van der Waals surface area contributed by atoms with E-state index < -0.39 is 11.7 Å². The van der Waals surface area contributed by atoms with E-state index in [1.54, 1.807) is 6.07 Å². The molecular formula is C22H22BrF3N4. The molecule has 2 heterocycles. The molecule has 158 valence electrons. The van der Waals surface area contributed by atoms with Crippen LogP contribution in [0.15, 0.2) is 34.8 Å². The molecular weight excluding hydrogens is 457 g/mol. The van der Waals surface area contributed by atoms with Crippen LogP contribution in [0, 0.1) is 13.8 Å². The second kappa shape index (κ2) is 7.72. The van der Waals surface area contributed by atoms with E-state index in [1.165, 1.54) is 19.4 Å². The Bertz CT molecular complexity index is 1110. The summed E-state index contributed by atoms with van der Waals surface area (Å²) in [4.78, 5) is 11.4. The molecule has 1 atom stereocenters. The van der Waals surface area contributed by atoms with Gasteiger partial charge in [0.05, 0.1) is 22.8 Å². The summed E-state index contributed by atoms with van der Waals surface area (Å²) in [7, 11) is 0. The summed E-state index contributed by atoms with van der Waals surface area (Å²) < 4.78 is 40.9. The smallest absolute Gasteiger partial charge is 0.370 e. The Labute approximate surface area is 181 Å². The molecule has 1 aliphatic rings. The first-order valence-corrected chi connectivity index (χ1v) is 10.6. The number of rotatable bonds is 4. The Balaban J connectivity index is 1.73. The van der Waals surface area contributed by atoms with Crippen molar-refractivity contribution in [1.29, 1.82) is 0 Å². The fourth-order valence-electron chi connectivity index (χ4n) is 3.88. The van der Waals surface area contributed by atoms with Crippen LogP contribution < -0.4 is 10.2 Å². The number of halogens is 4. The highest BCUT2D eigenvalue weighted by Crippen LogP contribution is 2.37. The minimum atomic E-state index is -4.38. The molecule has 30 heavy (non-hydrogen) atoms. The Morgan fingerprint density at radius 3 is 2.50 bits per heavy atom. The number of hydrogen-bond acceptors (Lipinski definition) is 4. The van der Waals surface area contributed by atoms with Gasteiger partial charge < -0.3 is 10.2 Å². The van der Waals surface area contributed by atoms with Gasteiger partial charge in [-0.1, -0.05) is 12.1 Å². The summed E-state index contributed by atoms with van der Waals surface area (Å²) in [5.74, 6) is 1.22. The van der Waals surface area contributed by atoms with E-state index in [1.807, 2.05) is 26.0 Å². The van der Waals surface area contributed by atoms with Crippen molar-refractivity contribution >= 4 is 38.3 Å². The molecule has 1 N–H and O–H groups in total. The van der Waals surface area contributed by atoms with Crippen LogP contribution in [0.2, 0.25) is 0 Å². The molecule has 0 bridgehead atoms. The lowest BCUT2D eigenvalue weighted by atomic mass is 9.97. The monoisotopic (exact) mass is 478 g/mol. The highest BCUT2D eigenvalue weighted by Gasteiger charge is 2.33. The molecule has 0 amide bonds. The van der Waals surface area contributed by atoms with Gasteiger partial charge in [0.1, 0.15) is 11.6 Å². The van der Waals surface area contributed by atoms with Crippen molar-refractivity contribution in [2.75, 3.05) is 23.3 Å². The van der Waals surface area contributed by atoms with Crippen molar-refractivity contribution in [2.24, 2.45) is 0 Å². The van der Waals surface area contributed by atoms with Crippen LogP contribution in [0.4, 0.5) is 24.7 Å². The molecule has 1 aliphatic heterocycles. The van der Waals surface area contributed by atoms with E-state index in [0.717, 1.165) is 40.2 Å². The van der Waals surface area contributed by atoms with Crippen LogP contribution in [-0.2, 0) is 6.18 Å². The maximum absolute atomic E-state index is 13.3. The zero-order valence-electron chi connectivity index (χ0n) is 16.9. The van der Waals surface area contributed by atoms with Crippen LogP contribution in [-0.4, -0.2) is 23.1 Å². The summed E-state index contributed by atoms with van der Waals surface area (Å²) in [6.07, 6.45) is -3.20. The highest BCUT2D eigenvalue weighted by atomic mass is 79.9. The van der Waals surface area contributed by atoms with Gasteiger partial charge in [0.2, 0.25) is 0 Å². The fraction of sp³-hybridized carbons (Fsp3) is 0.364. The summed E-state index contributed by atoms with van der Waals surface area (Å²) >= 11 is 3.65. The maximum atomic E-state index is 13.3. The van der Waals surface area contributed by atoms with E-state index in [-0.39, 0.29) is 11.6 Å². The average molecular weight is 479 g/mol. The molecule has 0 radical (unpaired) electrons. The fourth-order valence-corrected chi connectivity index (χ4v) is 4.47. The van der Waals surface area contributed by atoms with Crippen LogP contribution in [0.3, 0.4) is 0 Å². The third-order valence-corrected chi connectivity index (χ3v) is 6.21. The van der Waals surface area contributed by atoms with Crippen LogP contribution in [0.1, 0.15) is 41.9 Å². The third-order valence-electron chi connectivity index (χ3n) is 5.57. The van der Waals surface area contributed by atoms with E-state index in [9.17, 15) is 13.2 Å². The lowest BCUT2D eigenvalue weighted by Gasteiger charge is -2.34. The van der Waals surface area contributed by atoms with Crippen LogP contribution >= 0.6 is 15.9 Å². The van der Waals surface area contributed by atoms with E-state index in [0.29, 0.717) is 17.2 Å². The minimum absolute atomic E-state index is 0.223. The SMILES string of the molecule is Cc1nc(N[C@H](C)c2cccc(C(F)(F)F)c2C)c2cc(Br)c(N3CCC3)cc2n1. The largest absolute Gasteiger partial charge is 0.416 e. The van der Waals surface area contributed by atoms with Gasteiger partial charge in [-0.25, -0.2) is 9.97 Å². The number of fused-ring (bicyclic) bond motifs is 1. The quantitative estimate of drug-likeness (QED) is 0.470. The summed E-state index contributed by atoms with van der Waals surface area (Å²) in [6.45, 7) is 7.21. The number of hydrogen-bond donors (Lipinski definition) is 1. The first-order chi connectivity index (χ1) is 14.1. The van der Waals surface area contributed by atoms with Crippen LogP contribution in [0.5, 0.6) is 0 Å². The topological polar surface area (TPSA) is 41.1 Å². The molecule has 1 aromatic heterocycles. The number of aromatic nitrogens is 2. The van der Waals surface area contributed by atoms with Crippen molar-refractivity contribution < 1.29 is 13.2 Å². The second-order valence-electron chi connectivity index (χ2n) is 7.66. The molecule has 0 unspecified atom stereocenters. The molecule has 4 nitrogen and oxygen atoms in total. The van der Waals surface area contributed by atoms with Gasteiger partial charge in [-0.15, -0.1) is 0 Å². The molecule has 1 fully saturated rings. The lowest BCUT2D eigenvalue weighted by molar-refractivity contribution is -0.138. The predicted octanol–water partition coefficient (Wildman–Crippen LogP) is 6.41. The van der Waals surface area contributed by atoms with Gasteiger partial charge in [0, 0.05) is 22.9 Å². The van der Waals surface area contributed by atoms with Crippen molar-refractivity contribution in [2.45, 2.75) is 39.4 Å². The zero-order valence-corrected chi connectivity index (χ0v) is 18.5. The standard InChI is InChI=1S/C22H22BrF3N4/c1-12-15(6-4-7-17(12)22(24,25)26)13(2)27-21-16-10-18(23)20(30-8-5-9-30)11-19(16)28-14(3)29-21/h4,6-7,10-11,13H,5,8-9H2,1-3H3,(H,27,28,29)/t13-/m1/s1. The highest BCUT2D eigenvalue weighted by molar-refractivity contribution is 9.10. The van der Waals surface area contributed by atoms with Crippen molar-refractivity contribution in [3.05, 3.63) is 57.3 Å². The Morgan fingerprint density at radius 1 is 1.13 bits per heavy atom. The van der Waals surface area contributed by atoms with Crippen molar-refractivity contribution in [3.8, 4) is 0 Å². The maximum Gasteiger partial charge on any atom is 0.416 e. The molecule has 0 aliphatic carbocycles. The summed E-state index contributed by atoms with van der Waals surface area (Å²) in [5, 5.41) is 4.14. The van der Waals surface area contributed by atoms with Gasteiger partial charge in [0.15, 0.2) is 0 Å². The van der Waals surface area contributed by atoms with E-state index in [2.05, 4.69) is 36.1 Å². The molecule has 3 aromatic rings. The summed E-state index contributed by atoms with van der Waals surface area (Å²) in [6, 6.07) is 7.94. The van der Waals surface area contributed by atoms with E-state index >= 15 is 0 Å².